The molecule has 19 heavy (non-hydrogen) atoms. The zero-order chi connectivity index (χ0) is 13.7. The summed E-state index contributed by atoms with van der Waals surface area (Å²) in [5.41, 5.74) is 1.18. The molecule has 0 spiro atoms. The van der Waals surface area contributed by atoms with Gasteiger partial charge in [-0.05, 0) is 42.8 Å². The molecule has 0 aliphatic heterocycles. The number of benzene rings is 1. The van der Waals surface area contributed by atoms with Gasteiger partial charge in [-0.1, -0.05) is 19.1 Å². The maximum atomic E-state index is 13.8. The summed E-state index contributed by atoms with van der Waals surface area (Å²) in [5, 5.41) is 3.18. The molecule has 1 unspecified atom stereocenters. The Morgan fingerprint density at radius 2 is 2.05 bits per heavy atom. The predicted octanol–water partition coefficient (Wildman–Crippen LogP) is 3.25. The third kappa shape index (κ3) is 3.58. The van der Waals surface area contributed by atoms with E-state index in [0.29, 0.717) is 18.7 Å². The van der Waals surface area contributed by atoms with E-state index < -0.39 is 0 Å². The molecule has 1 N–H and O–H groups in total. The molecule has 0 radical (unpaired) electrons. The molecule has 2 nitrogen and oxygen atoms in total. The van der Waals surface area contributed by atoms with Crippen molar-refractivity contribution in [3.63, 3.8) is 0 Å². The van der Waals surface area contributed by atoms with Gasteiger partial charge in [0.1, 0.15) is 11.6 Å². The van der Waals surface area contributed by atoms with Crippen LogP contribution in [0.3, 0.4) is 0 Å². The van der Waals surface area contributed by atoms with Crippen LogP contribution in [0.15, 0.2) is 42.6 Å². The van der Waals surface area contributed by atoms with E-state index in [1.54, 1.807) is 18.3 Å². The average Bonchev–Trinajstić information content (AvgIpc) is 2.39. The topological polar surface area (TPSA) is 24.9 Å². The Balaban J connectivity index is 2.24. The minimum Gasteiger partial charge on any atom is -0.309 e. The van der Waals surface area contributed by atoms with Gasteiger partial charge in [-0.25, -0.2) is 8.78 Å². The van der Waals surface area contributed by atoms with Crippen LogP contribution in [0.2, 0.25) is 0 Å². The van der Waals surface area contributed by atoms with E-state index in [2.05, 4.69) is 10.3 Å². The number of aromatic nitrogens is 1. The highest BCUT2D eigenvalue weighted by molar-refractivity contribution is 5.21. The highest BCUT2D eigenvalue weighted by atomic mass is 19.1. The highest BCUT2D eigenvalue weighted by Crippen LogP contribution is 2.19. The molecule has 0 amide bonds. The van der Waals surface area contributed by atoms with Crippen molar-refractivity contribution in [2.75, 3.05) is 6.54 Å². The molecule has 0 saturated heterocycles. The first kappa shape index (κ1) is 13.6. The Morgan fingerprint density at radius 3 is 2.74 bits per heavy atom. The summed E-state index contributed by atoms with van der Waals surface area (Å²) in [6, 6.07) is 9.03. The number of pyridine rings is 1. The number of nitrogens with one attached hydrogen (secondary N) is 1. The summed E-state index contributed by atoms with van der Waals surface area (Å²) in [4.78, 5) is 4.08. The number of rotatable bonds is 5. The van der Waals surface area contributed by atoms with Crippen LogP contribution in [-0.2, 0) is 6.42 Å². The maximum Gasteiger partial charge on any atom is 0.146 e. The van der Waals surface area contributed by atoms with Gasteiger partial charge >= 0.3 is 0 Å². The van der Waals surface area contributed by atoms with Crippen molar-refractivity contribution in [3.05, 3.63) is 65.5 Å². The van der Waals surface area contributed by atoms with Crippen LogP contribution < -0.4 is 5.32 Å². The quantitative estimate of drug-likeness (QED) is 0.894. The Morgan fingerprint density at radius 1 is 1.21 bits per heavy atom. The normalized spacial score (nSPS) is 12.4. The van der Waals surface area contributed by atoms with Crippen molar-refractivity contribution in [2.24, 2.45) is 0 Å². The summed E-state index contributed by atoms with van der Waals surface area (Å²) in [7, 11) is 0. The van der Waals surface area contributed by atoms with Gasteiger partial charge < -0.3 is 5.32 Å². The summed E-state index contributed by atoms with van der Waals surface area (Å²) in [5.74, 6) is -0.626. The molecule has 2 aromatic rings. The average molecular weight is 262 g/mol. The molecule has 1 aromatic heterocycles. The van der Waals surface area contributed by atoms with E-state index in [1.165, 1.54) is 18.2 Å². The molecule has 0 bridgehead atoms. The van der Waals surface area contributed by atoms with Crippen molar-refractivity contribution >= 4 is 0 Å². The molecule has 0 fully saturated rings. The second kappa shape index (κ2) is 6.38. The van der Waals surface area contributed by atoms with Crippen molar-refractivity contribution in [1.29, 1.82) is 0 Å². The number of hydrogen-bond acceptors (Lipinski definition) is 2. The first-order valence-corrected chi connectivity index (χ1v) is 6.29. The van der Waals surface area contributed by atoms with Crippen molar-refractivity contribution in [2.45, 2.75) is 19.4 Å². The lowest BCUT2D eigenvalue weighted by Crippen LogP contribution is -2.25. The van der Waals surface area contributed by atoms with Crippen LogP contribution in [0.5, 0.6) is 0 Å². The van der Waals surface area contributed by atoms with E-state index in [9.17, 15) is 8.78 Å². The lowest BCUT2D eigenvalue weighted by Gasteiger charge is -2.18. The van der Waals surface area contributed by atoms with Gasteiger partial charge in [0.25, 0.3) is 0 Å². The molecule has 0 aliphatic rings. The Bertz CT molecular complexity index is 543. The van der Waals surface area contributed by atoms with E-state index in [1.807, 2.05) is 13.0 Å². The Hall–Kier alpha value is -1.81. The number of likely N-dealkylation sites (N-methyl/N-ethyl adjacent to an activating group) is 1. The minimum absolute atomic E-state index is 0.256. The minimum atomic E-state index is -0.343. The zero-order valence-corrected chi connectivity index (χ0v) is 10.7. The summed E-state index contributed by atoms with van der Waals surface area (Å²) in [6.07, 6.45) is 2.06. The van der Waals surface area contributed by atoms with Gasteiger partial charge in [0, 0.05) is 6.20 Å². The molecular formula is C15H16F2N2. The first-order valence-electron chi connectivity index (χ1n) is 6.29. The monoisotopic (exact) mass is 262 g/mol. The fourth-order valence-electron chi connectivity index (χ4n) is 2.07. The fourth-order valence-corrected chi connectivity index (χ4v) is 2.07. The molecule has 1 aromatic carbocycles. The standard InChI is InChI=1S/C15H16F2N2/c1-2-18-14(15-13(17)7-4-8-19-15)10-11-5-3-6-12(16)9-11/h3-9,14,18H,2,10H2,1H3. The largest absolute Gasteiger partial charge is 0.309 e. The van der Waals surface area contributed by atoms with E-state index in [0.717, 1.165) is 5.56 Å². The fraction of sp³-hybridized carbons (Fsp3) is 0.267. The number of hydrogen-bond donors (Lipinski definition) is 1. The van der Waals surface area contributed by atoms with Crippen LogP contribution in [0.1, 0.15) is 24.2 Å². The van der Waals surface area contributed by atoms with Crippen LogP contribution in [0, 0.1) is 11.6 Å². The van der Waals surface area contributed by atoms with Gasteiger partial charge in [0.05, 0.1) is 11.7 Å². The maximum absolute atomic E-state index is 13.8. The van der Waals surface area contributed by atoms with E-state index in [-0.39, 0.29) is 17.7 Å². The molecule has 1 heterocycles. The molecule has 1 atom stereocenters. The van der Waals surface area contributed by atoms with E-state index >= 15 is 0 Å². The Labute approximate surface area is 111 Å². The smallest absolute Gasteiger partial charge is 0.146 e. The van der Waals surface area contributed by atoms with Crippen LogP contribution >= 0.6 is 0 Å². The second-order valence-electron chi connectivity index (χ2n) is 4.31. The van der Waals surface area contributed by atoms with Crippen LogP contribution in [0.25, 0.3) is 0 Å². The van der Waals surface area contributed by atoms with Gasteiger partial charge in [0.15, 0.2) is 0 Å². The van der Waals surface area contributed by atoms with Gasteiger partial charge in [-0.3, -0.25) is 4.98 Å². The van der Waals surface area contributed by atoms with Crippen LogP contribution in [-0.4, -0.2) is 11.5 Å². The van der Waals surface area contributed by atoms with Crippen molar-refractivity contribution in [3.8, 4) is 0 Å². The lowest BCUT2D eigenvalue weighted by molar-refractivity contribution is 0.493. The molecule has 2 rings (SSSR count). The molecule has 0 aliphatic carbocycles. The second-order valence-corrected chi connectivity index (χ2v) is 4.31. The van der Waals surface area contributed by atoms with Crippen molar-refractivity contribution in [1.82, 2.24) is 10.3 Å². The SMILES string of the molecule is CCNC(Cc1cccc(F)c1)c1ncccc1F. The summed E-state index contributed by atoms with van der Waals surface area (Å²) >= 11 is 0. The Kier molecular flexibility index (Phi) is 4.58. The molecule has 0 saturated carbocycles. The van der Waals surface area contributed by atoms with Gasteiger partial charge in [0.2, 0.25) is 0 Å². The van der Waals surface area contributed by atoms with E-state index in [4.69, 9.17) is 0 Å². The third-order valence-corrected chi connectivity index (χ3v) is 2.90. The van der Waals surface area contributed by atoms with Crippen molar-refractivity contribution < 1.29 is 8.78 Å². The first-order chi connectivity index (χ1) is 9.20. The number of halogens is 2. The zero-order valence-electron chi connectivity index (χ0n) is 10.7. The summed E-state index contributed by atoms with van der Waals surface area (Å²) in [6.45, 7) is 2.63. The summed E-state index contributed by atoms with van der Waals surface area (Å²) < 4.78 is 26.9. The van der Waals surface area contributed by atoms with Crippen LogP contribution in [0.4, 0.5) is 8.78 Å². The third-order valence-electron chi connectivity index (χ3n) is 2.90. The molecule has 100 valence electrons. The van der Waals surface area contributed by atoms with Gasteiger partial charge in [-0.2, -0.15) is 0 Å². The van der Waals surface area contributed by atoms with Gasteiger partial charge in [-0.15, -0.1) is 0 Å². The lowest BCUT2D eigenvalue weighted by atomic mass is 10.0. The highest BCUT2D eigenvalue weighted by Gasteiger charge is 2.16. The molecule has 4 heteroatoms. The molecular weight excluding hydrogens is 246 g/mol. The number of nitrogens with zero attached hydrogens (tertiary/aromatic N) is 1. The predicted molar refractivity (Wildman–Crippen MR) is 70.7 cm³/mol.